The fourth-order valence-electron chi connectivity index (χ4n) is 4.25. The van der Waals surface area contributed by atoms with Crippen molar-refractivity contribution in [3.8, 4) is 22.9 Å². The molecule has 0 aliphatic rings. The molecule has 1 aromatic heterocycles. The van der Waals surface area contributed by atoms with Gasteiger partial charge in [0.05, 0.1) is 33.1 Å². The number of hydrogen-bond acceptors (Lipinski definition) is 8. The molecule has 0 spiro atoms. The molecule has 0 amide bonds. The maximum Gasteiger partial charge on any atom is 0.313 e. The van der Waals surface area contributed by atoms with Crippen LogP contribution in [0.1, 0.15) is 50.3 Å². The minimum absolute atomic E-state index is 0.138. The first-order valence-electron chi connectivity index (χ1n) is 12.5. The van der Waals surface area contributed by atoms with Gasteiger partial charge < -0.3 is 9.47 Å². The van der Waals surface area contributed by atoms with Crippen LogP contribution in [0.4, 0.5) is 5.69 Å². The van der Waals surface area contributed by atoms with E-state index < -0.39 is 22.1 Å². The average molecular weight is 607 g/mol. The zero-order valence-corrected chi connectivity index (χ0v) is 24.2. The highest BCUT2D eigenvalue weighted by atomic mass is 79.9. The first-order chi connectivity index (χ1) is 19.0. The van der Waals surface area contributed by atoms with Crippen LogP contribution in [0.3, 0.4) is 0 Å². The lowest BCUT2D eigenvalue weighted by Gasteiger charge is -2.18. The van der Waals surface area contributed by atoms with Crippen molar-refractivity contribution in [2.24, 2.45) is 5.10 Å². The number of aryl methyl sites for hydroxylation is 1. The Morgan fingerprint density at radius 2 is 1.95 bits per heavy atom. The Labute approximate surface area is 238 Å². The summed E-state index contributed by atoms with van der Waals surface area (Å²) >= 11 is 3.23. The summed E-state index contributed by atoms with van der Waals surface area (Å²) in [6.45, 7) is 9.61. The number of rotatable bonds is 8. The van der Waals surface area contributed by atoms with Crippen molar-refractivity contribution in [3.05, 3.63) is 90.2 Å². The topological polar surface area (TPSA) is 126 Å². The maximum absolute atomic E-state index is 13.7. The van der Waals surface area contributed by atoms with E-state index in [0.717, 1.165) is 23.8 Å². The highest BCUT2D eigenvalue weighted by Gasteiger charge is 2.22. The predicted molar refractivity (Wildman–Crippen MR) is 157 cm³/mol. The Kier molecular flexibility index (Phi) is 8.43. The van der Waals surface area contributed by atoms with Crippen molar-refractivity contribution in [3.63, 3.8) is 0 Å². The zero-order valence-electron chi connectivity index (χ0n) is 22.6. The molecule has 40 heavy (non-hydrogen) atoms. The molecule has 0 saturated carbocycles. The number of nitrogens with zero attached hydrogens (tertiary/aromatic N) is 4. The fourth-order valence-corrected chi connectivity index (χ4v) is 4.80. The number of hydrogen-bond donors (Lipinski definition) is 0. The van der Waals surface area contributed by atoms with Crippen LogP contribution in [0.5, 0.6) is 11.5 Å². The molecule has 0 N–H and O–H groups in total. The fraction of sp³-hybridized carbons (Fsp3) is 0.241. The summed E-state index contributed by atoms with van der Waals surface area (Å²) in [5.41, 5.74) is 2.47. The van der Waals surface area contributed by atoms with Gasteiger partial charge in [0.15, 0.2) is 5.82 Å². The molecular weight excluding hydrogens is 580 g/mol. The molecular formula is C29H27BrN4O6. The highest BCUT2D eigenvalue weighted by Crippen LogP contribution is 2.37. The third-order valence-electron chi connectivity index (χ3n) is 6.08. The van der Waals surface area contributed by atoms with E-state index in [1.165, 1.54) is 23.0 Å². The van der Waals surface area contributed by atoms with Crippen molar-refractivity contribution in [1.29, 1.82) is 0 Å². The van der Waals surface area contributed by atoms with Crippen molar-refractivity contribution in [2.75, 3.05) is 6.61 Å². The lowest BCUT2D eigenvalue weighted by Crippen LogP contribution is -2.21. The number of para-hydroxylation sites is 1. The minimum atomic E-state index is -0.699. The molecule has 4 rings (SSSR count). The van der Waals surface area contributed by atoms with Crippen molar-refractivity contribution in [2.45, 2.75) is 40.5 Å². The third kappa shape index (κ3) is 5.79. The smallest absolute Gasteiger partial charge is 0.313 e. The first kappa shape index (κ1) is 28.6. The van der Waals surface area contributed by atoms with E-state index in [1.807, 2.05) is 26.0 Å². The van der Waals surface area contributed by atoms with Crippen LogP contribution >= 0.6 is 15.9 Å². The number of nitro groups is 1. The van der Waals surface area contributed by atoms with E-state index in [1.54, 1.807) is 24.3 Å². The molecule has 0 fully saturated rings. The zero-order chi connectivity index (χ0) is 29.1. The number of carbonyl (C=O) groups is 1. The summed E-state index contributed by atoms with van der Waals surface area (Å²) in [5.74, 6) is 0.300. The lowest BCUT2D eigenvalue weighted by molar-refractivity contribution is -0.385. The SMILES string of the molecule is CCOc1cc(C)c(-c2nc3ccccc3c(=O)n2N=Cc2cc(Br)c(OC(C)=O)c([N+](=O)[O-])c2)cc1C(C)C. The summed E-state index contributed by atoms with van der Waals surface area (Å²) in [6, 6.07) is 13.6. The molecule has 0 aliphatic carbocycles. The lowest BCUT2D eigenvalue weighted by atomic mass is 9.96. The average Bonchev–Trinajstić information content (AvgIpc) is 2.89. The Morgan fingerprint density at radius 1 is 1.23 bits per heavy atom. The summed E-state index contributed by atoms with van der Waals surface area (Å²) in [7, 11) is 0. The van der Waals surface area contributed by atoms with Gasteiger partial charge in [-0.05, 0) is 77.2 Å². The predicted octanol–water partition coefficient (Wildman–Crippen LogP) is 6.37. The second-order valence-electron chi connectivity index (χ2n) is 9.31. The van der Waals surface area contributed by atoms with Crippen LogP contribution in [0.15, 0.2) is 62.9 Å². The summed E-state index contributed by atoms with van der Waals surface area (Å²) in [5, 5.41) is 16.5. The first-order valence-corrected chi connectivity index (χ1v) is 13.3. The normalized spacial score (nSPS) is 11.4. The van der Waals surface area contributed by atoms with Crippen LogP contribution in [0, 0.1) is 17.0 Å². The number of benzene rings is 3. The molecule has 0 atom stereocenters. The molecule has 206 valence electrons. The minimum Gasteiger partial charge on any atom is -0.494 e. The second-order valence-corrected chi connectivity index (χ2v) is 10.2. The van der Waals surface area contributed by atoms with Gasteiger partial charge in [-0.2, -0.15) is 9.78 Å². The van der Waals surface area contributed by atoms with Crippen molar-refractivity contribution < 1.29 is 19.2 Å². The Morgan fingerprint density at radius 3 is 2.60 bits per heavy atom. The quantitative estimate of drug-likeness (QED) is 0.0749. The second kappa shape index (κ2) is 11.8. The number of halogens is 1. The van der Waals surface area contributed by atoms with Gasteiger partial charge in [0.25, 0.3) is 5.56 Å². The largest absolute Gasteiger partial charge is 0.494 e. The number of aromatic nitrogens is 2. The van der Waals surface area contributed by atoms with E-state index in [0.29, 0.717) is 34.5 Å². The van der Waals surface area contributed by atoms with Crippen LogP contribution in [-0.2, 0) is 4.79 Å². The molecule has 0 saturated heterocycles. The van der Waals surface area contributed by atoms with Gasteiger partial charge in [-0.1, -0.05) is 26.0 Å². The van der Waals surface area contributed by atoms with Crippen molar-refractivity contribution >= 4 is 44.7 Å². The standard InChI is InChI=1S/C29H27BrN4O6/c1-6-39-26-11-17(4)22(14-21(26)16(2)3)28-32-24-10-8-7-9-20(24)29(36)33(28)31-15-19-12-23(30)27(40-18(5)35)25(13-19)34(37)38/h7-16H,6H2,1-5H3. The Bertz CT molecular complexity index is 1730. The molecule has 0 radical (unpaired) electrons. The van der Waals surface area contributed by atoms with Crippen LogP contribution in [0.25, 0.3) is 22.3 Å². The van der Waals surface area contributed by atoms with Gasteiger partial charge in [-0.15, -0.1) is 0 Å². The highest BCUT2D eigenvalue weighted by molar-refractivity contribution is 9.10. The van der Waals surface area contributed by atoms with E-state index >= 15 is 0 Å². The van der Waals surface area contributed by atoms with Gasteiger partial charge in [-0.25, -0.2) is 4.98 Å². The molecule has 3 aromatic carbocycles. The molecule has 0 bridgehead atoms. The Hall–Kier alpha value is -4.38. The van der Waals surface area contributed by atoms with Gasteiger partial charge in [0, 0.05) is 24.1 Å². The monoisotopic (exact) mass is 606 g/mol. The Balaban J connectivity index is 1.95. The van der Waals surface area contributed by atoms with Gasteiger partial charge in [0.2, 0.25) is 5.75 Å². The van der Waals surface area contributed by atoms with E-state index in [9.17, 15) is 19.7 Å². The van der Waals surface area contributed by atoms with E-state index in [-0.39, 0.29) is 16.1 Å². The molecule has 0 unspecified atom stereocenters. The van der Waals surface area contributed by atoms with Crippen LogP contribution in [-0.4, -0.2) is 33.4 Å². The molecule has 0 aliphatic heterocycles. The van der Waals surface area contributed by atoms with Crippen molar-refractivity contribution in [1.82, 2.24) is 9.66 Å². The number of ether oxygens (including phenoxy) is 2. The molecule has 1 heterocycles. The molecule has 4 aromatic rings. The summed E-state index contributed by atoms with van der Waals surface area (Å²) in [4.78, 5) is 41.0. The van der Waals surface area contributed by atoms with E-state index in [4.69, 9.17) is 14.5 Å². The summed E-state index contributed by atoms with van der Waals surface area (Å²) in [6.07, 6.45) is 1.32. The number of esters is 1. The van der Waals surface area contributed by atoms with Gasteiger partial charge in [0.1, 0.15) is 5.75 Å². The molecule has 10 nitrogen and oxygen atoms in total. The van der Waals surface area contributed by atoms with Crippen LogP contribution in [0.2, 0.25) is 0 Å². The maximum atomic E-state index is 13.7. The van der Waals surface area contributed by atoms with Gasteiger partial charge >= 0.3 is 11.7 Å². The van der Waals surface area contributed by atoms with E-state index in [2.05, 4.69) is 34.9 Å². The number of nitro benzene ring substituents is 1. The summed E-state index contributed by atoms with van der Waals surface area (Å²) < 4.78 is 12.3. The van der Waals surface area contributed by atoms with Crippen LogP contribution < -0.4 is 15.0 Å². The van der Waals surface area contributed by atoms with Gasteiger partial charge in [-0.3, -0.25) is 19.7 Å². The number of carbonyl (C=O) groups excluding carboxylic acids is 1. The third-order valence-corrected chi connectivity index (χ3v) is 6.67. The number of fused-ring (bicyclic) bond motifs is 1. The molecule has 11 heteroatoms.